The van der Waals surface area contributed by atoms with Crippen molar-refractivity contribution in [2.24, 2.45) is 11.8 Å². The third kappa shape index (κ3) is 5.34. The molecule has 0 aromatic carbocycles. The molecule has 2 N–H and O–H groups in total. The van der Waals surface area contributed by atoms with Crippen LogP contribution in [0.5, 0.6) is 0 Å². The summed E-state index contributed by atoms with van der Waals surface area (Å²) in [6.07, 6.45) is 6.42. The minimum absolute atomic E-state index is 0.165. The van der Waals surface area contributed by atoms with E-state index < -0.39 is 0 Å². The lowest BCUT2D eigenvalue weighted by Gasteiger charge is -2.29. The summed E-state index contributed by atoms with van der Waals surface area (Å²) in [7, 11) is 0. The Morgan fingerprint density at radius 2 is 2.11 bits per heavy atom. The van der Waals surface area contributed by atoms with Crippen LogP contribution in [-0.4, -0.2) is 18.5 Å². The SMILES string of the molecule is CC(C)CNC(=O)/C(C#N)=C\NC1CCCCC1C. The smallest absolute Gasteiger partial charge is 0.263 e. The molecule has 0 bridgehead atoms. The van der Waals surface area contributed by atoms with Crippen molar-refractivity contribution >= 4 is 5.91 Å². The number of rotatable bonds is 5. The van der Waals surface area contributed by atoms with Gasteiger partial charge < -0.3 is 10.6 Å². The zero-order valence-electron chi connectivity index (χ0n) is 12.2. The number of nitrogens with zero attached hydrogens (tertiary/aromatic N) is 1. The van der Waals surface area contributed by atoms with Gasteiger partial charge in [0.25, 0.3) is 5.91 Å². The Hall–Kier alpha value is -1.50. The number of nitriles is 1. The molecule has 0 aromatic heterocycles. The van der Waals surface area contributed by atoms with Gasteiger partial charge in [0.1, 0.15) is 11.6 Å². The van der Waals surface area contributed by atoms with Gasteiger partial charge in [-0.25, -0.2) is 0 Å². The van der Waals surface area contributed by atoms with E-state index in [0.29, 0.717) is 24.4 Å². The van der Waals surface area contributed by atoms with E-state index in [9.17, 15) is 4.79 Å². The fourth-order valence-corrected chi connectivity index (χ4v) is 2.29. The lowest BCUT2D eigenvalue weighted by atomic mass is 9.86. The van der Waals surface area contributed by atoms with Crippen LogP contribution in [0.1, 0.15) is 46.5 Å². The van der Waals surface area contributed by atoms with Crippen molar-refractivity contribution in [3.63, 3.8) is 0 Å². The van der Waals surface area contributed by atoms with Crippen LogP contribution in [0, 0.1) is 23.2 Å². The maximum atomic E-state index is 11.8. The van der Waals surface area contributed by atoms with Gasteiger partial charge in [0.2, 0.25) is 0 Å². The number of carbonyl (C=O) groups excluding carboxylic acids is 1. The molecule has 1 aliphatic carbocycles. The molecule has 0 spiro atoms. The van der Waals surface area contributed by atoms with E-state index >= 15 is 0 Å². The van der Waals surface area contributed by atoms with Crippen LogP contribution in [0.25, 0.3) is 0 Å². The van der Waals surface area contributed by atoms with Gasteiger partial charge in [-0.1, -0.05) is 33.6 Å². The van der Waals surface area contributed by atoms with Crippen molar-refractivity contribution in [3.8, 4) is 6.07 Å². The van der Waals surface area contributed by atoms with E-state index in [0.717, 1.165) is 6.42 Å². The molecule has 4 nitrogen and oxygen atoms in total. The van der Waals surface area contributed by atoms with Gasteiger partial charge in [0.05, 0.1) is 0 Å². The standard InChI is InChI=1S/C15H25N3O/c1-11(2)9-18-15(19)13(8-16)10-17-14-7-5-4-6-12(14)3/h10-12,14,17H,4-7,9H2,1-3H3,(H,18,19)/b13-10-. The van der Waals surface area contributed by atoms with Gasteiger partial charge in [-0.3, -0.25) is 4.79 Å². The van der Waals surface area contributed by atoms with Crippen LogP contribution >= 0.6 is 0 Å². The number of hydrogen-bond donors (Lipinski definition) is 2. The minimum Gasteiger partial charge on any atom is -0.387 e. The quantitative estimate of drug-likeness (QED) is 0.591. The summed E-state index contributed by atoms with van der Waals surface area (Å²) in [6.45, 7) is 6.86. The first-order valence-electron chi connectivity index (χ1n) is 7.19. The Morgan fingerprint density at radius 1 is 1.42 bits per heavy atom. The van der Waals surface area contributed by atoms with Crippen LogP contribution in [0.3, 0.4) is 0 Å². The number of hydrogen-bond acceptors (Lipinski definition) is 3. The Labute approximate surface area is 116 Å². The molecule has 0 aromatic rings. The molecular formula is C15H25N3O. The van der Waals surface area contributed by atoms with Crippen molar-refractivity contribution in [1.82, 2.24) is 10.6 Å². The molecule has 1 rings (SSSR count). The summed E-state index contributed by atoms with van der Waals surface area (Å²) < 4.78 is 0. The van der Waals surface area contributed by atoms with E-state index in [-0.39, 0.29) is 11.5 Å². The fourth-order valence-electron chi connectivity index (χ4n) is 2.29. The van der Waals surface area contributed by atoms with Gasteiger partial charge in [0, 0.05) is 18.8 Å². The highest BCUT2D eigenvalue weighted by atomic mass is 16.1. The monoisotopic (exact) mass is 263 g/mol. The van der Waals surface area contributed by atoms with Gasteiger partial charge in [-0.05, 0) is 24.7 Å². The highest BCUT2D eigenvalue weighted by Crippen LogP contribution is 2.23. The zero-order chi connectivity index (χ0) is 14.3. The third-order valence-electron chi connectivity index (χ3n) is 3.59. The van der Waals surface area contributed by atoms with Gasteiger partial charge >= 0.3 is 0 Å². The predicted molar refractivity (Wildman–Crippen MR) is 76.1 cm³/mol. The summed E-state index contributed by atoms with van der Waals surface area (Å²) in [5.41, 5.74) is 0.165. The average molecular weight is 263 g/mol. The molecule has 19 heavy (non-hydrogen) atoms. The summed E-state index contributed by atoms with van der Waals surface area (Å²) in [5.74, 6) is 0.700. The molecular weight excluding hydrogens is 238 g/mol. The van der Waals surface area contributed by atoms with E-state index in [2.05, 4.69) is 17.6 Å². The lowest BCUT2D eigenvalue weighted by molar-refractivity contribution is -0.117. The topological polar surface area (TPSA) is 64.9 Å². The van der Waals surface area contributed by atoms with Crippen molar-refractivity contribution in [2.75, 3.05) is 6.54 Å². The summed E-state index contributed by atoms with van der Waals surface area (Å²) in [6, 6.07) is 2.35. The first-order chi connectivity index (χ1) is 9.04. The van der Waals surface area contributed by atoms with E-state index in [1.807, 2.05) is 19.9 Å². The second kappa shape index (κ2) is 7.83. The second-order valence-corrected chi connectivity index (χ2v) is 5.81. The Morgan fingerprint density at radius 3 is 2.68 bits per heavy atom. The summed E-state index contributed by atoms with van der Waals surface area (Å²) in [4.78, 5) is 11.8. The molecule has 4 heteroatoms. The van der Waals surface area contributed by atoms with Gasteiger partial charge in [-0.15, -0.1) is 0 Å². The van der Waals surface area contributed by atoms with Crippen LogP contribution < -0.4 is 10.6 Å². The summed E-state index contributed by atoms with van der Waals surface area (Å²) in [5, 5.41) is 15.0. The first-order valence-corrected chi connectivity index (χ1v) is 7.19. The molecule has 2 atom stereocenters. The molecule has 0 radical (unpaired) electrons. The Kier molecular flexibility index (Phi) is 6.41. The highest BCUT2D eigenvalue weighted by Gasteiger charge is 2.20. The maximum Gasteiger partial charge on any atom is 0.263 e. The molecule has 0 saturated heterocycles. The Bertz CT molecular complexity index is 368. The first kappa shape index (κ1) is 15.6. The zero-order valence-corrected chi connectivity index (χ0v) is 12.2. The lowest BCUT2D eigenvalue weighted by Crippen LogP contribution is -2.35. The molecule has 1 saturated carbocycles. The molecule has 2 unspecified atom stereocenters. The van der Waals surface area contributed by atoms with E-state index in [4.69, 9.17) is 5.26 Å². The van der Waals surface area contributed by atoms with Crippen molar-refractivity contribution in [3.05, 3.63) is 11.8 Å². The molecule has 1 aliphatic rings. The third-order valence-corrected chi connectivity index (χ3v) is 3.59. The number of amides is 1. The molecule has 106 valence electrons. The van der Waals surface area contributed by atoms with E-state index in [1.165, 1.54) is 19.3 Å². The minimum atomic E-state index is -0.285. The van der Waals surface area contributed by atoms with Crippen molar-refractivity contribution in [2.45, 2.75) is 52.5 Å². The maximum absolute atomic E-state index is 11.8. The van der Waals surface area contributed by atoms with Crippen LogP contribution in [-0.2, 0) is 4.79 Å². The summed E-state index contributed by atoms with van der Waals surface area (Å²) >= 11 is 0. The molecule has 1 fully saturated rings. The fraction of sp³-hybridized carbons (Fsp3) is 0.733. The Balaban J connectivity index is 2.51. The molecule has 1 amide bonds. The number of carbonyl (C=O) groups is 1. The van der Waals surface area contributed by atoms with Crippen LogP contribution in [0.2, 0.25) is 0 Å². The number of nitrogens with one attached hydrogen (secondary N) is 2. The molecule has 0 aliphatic heterocycles. The van der Waals surface area contributed by atoms with Crippen LogP contribution in [0.4, 0.5) is 0 Å². The van der Waals surface area contributed by atoms with E-state index in [1.54, 1.807) is 6.20 Å². The second-order valence-electron chi connectivity index (χ2n) is 5.81. The predicted octanol–water partition coefficient (Wildman–Crippen LogP) is 2.33. The van der Waals surface area contributed by atoms with Crippen LogP contribution in [0.15, 0.2) is 11.8 Å². The average Bonchev–Trinajstić information content (AvgIpc) is 2.39. The van der Waals surface area contributed by atoms with Crippen molar-refractivity contribution in [1.29, 1.82) is 5.26 Å². The normalized spacial score (nSPS) is 23.8. The van der Waals surface area contributed by atoms with Gasteiger partial charge in [-0.2, -0.15) is 5.26 Å². The highest BCUT2D eigenvalue weighted by molar-refractivity contribution is 5.97. The van der Waals surface area contributed by atoms with Gasteiger partial charge in [0.15, 0.2) is 0 Å². The largest absolute Gasteiger partial charge is 0.387 e. The molecule has 0 heterocycles. The van der Waals surface area contributed by atoms with Crippen molar-refractivity contribution < 1.29 is 4.79 Å².